The van der Waals surface area contributed by atoms with Crippen molar-refractivity contribution < 1.29 is 0 Å². The summed E-state index contributed by atoms with van der Waals surface area (Å²) in [5, 5.41) is 0. The van der Waals surface area contributed by atoms with E-state index in [-0.39, 0.29) is 0 Å². The van der Waals surface area contributed by atoms with Crippen molar-refractivity contribution in [2.75, 3.05) is 0 Å². The Morgan fingerprint density at radius 1 is 0.556 bits per heavy atom. The van der Waals surface area contributed by atoms with E-state index in [0.717, 1.165) is 19.3 Å². The number of rotatable bonds is 5. The Hall–Kier alpha value is -2.86. The minimum Gasteiger partial charge on any atom is -0.0839 e. The summed E-state index contributed by atoms with van der Waals surface area (Å²) in [4.78, 5) is 0. The van der Waals surface area contributed by atoms with Gasteiger partial charge in [-0.25, -0.2) is 0 Å². The Labute approximate surface area is 163 Å². The molecule has 0 spiro atoms. The molecule has 0 heterocycles. The summed E-state index contributed by atoms with van der Waals surface area (Å²) in [5.74, 6) is 0.623. The molecular weight excluding hydrogens is 324 g/mol. The molecule has 0 bridgehead atoms. The lowest BCUT2D eigenvalue weighted by atomic mass is 9.72. The standard InChI is InChI=1S/C27H26/c1-2-7-15-22(14-6-1)26(23-16-8-3-9-17-23)27(24-18-10-4-11-19-24)25-20-12-5-13-21-25/h1-4,6,8-12,14-21,26-27H,5,7,13H2. The van der Waals surface area contributed by atoms with Crippen LogP contribution in [0.2, 0.25) is 0 Å². The molecule has 4 rings (SSSR count). The van der Waals surface area contributed by atoms with E-state index >= 15 is 0 Å². The third kappa shape index (κ3) is 4.11. The topological polar surface area (TPSA) is 0 Å². The van der Waals surface area contributed by atoms with Gasteiger partial charge >= 0.3 is 0 Å². The molecule has 0 saturated heterocycles. The first-order chi connectivity index (χ1) is 13.4. The predicted molar refractivity (Wildman–Crippen MR) is 116 cm³/mol. The molecule has 2 aliphatic carbocycles. The molecule has 2 atom stereocenters. The summed E-state index contributed by atoms with van der Waals surface area (Å²) in [6.45, 7) is 0. The molecule has 27 heavy (non-hydrogen) atoms. The third-order valence-corrected chi connectivity index (χ3v) is 5.42. The lowest BCUT2D eigenvalue weighted by molar-refractivity contribution is 0.683. The Morgan fingerprint density at radius 2 is 1.19 bits per heavy atom. The van der Waals surface area contributed by atoms with Crippen LogP contribution in [0.5, 0.6) is 0 Å². The Balaban J connectivity index is 1.87. The van der Waals surface area contributed by atoms with Crippen LogP contribution in [0.25, 0.3) is 0 Å². The highest BCUT2D eigenvalue weighted by atomic mass is 14.3. The fourth-order valence-electron chi connectivity index (χ4n) is 4.17. The second-order valence-corrected chi connectivity index (χ2v) is 7.19. The second-order valence-electron chi connectivity index (χ2n) is 7.19. The summed E-state index contributed by atoms with van der Waals surface area (Å²) in [5.41, 5.74) is 5.60. The van der Waals surface area contributed by atoms with Gasteiger partial charge in [0.15, 0.2) is 0 Å². The molecule has 0 heteroatoms. The monoisotopic (exact) mass is 350 g/mol. The molecule has 0 fully saturated rings. The molecule has 2 aliphatic rings. The molecule has 2 aromatic carbocycles. The first-order valence-electron chi connectivity index (χ1n) is 9.93. The van der Waals surface area contributed by atoms with Crippen LogP contribution in [0.3, 0.4) is 0 Å². The Morgan fingerprint density at radius 3 is 1.78 bits per heavy atom. The van der Waals surface area contributed by atoms with E-state index < -0.39 is 0 Å². The molecule has 0 N–H and O–H groups in total. The molecule has 0 nitrogen and oxygen atoms in total. The van der Waals surface area contributed by atoms with Crippen molar-refractivity contribution in [1.82, 2.24) is 0 Å². The maximum atomic E-state index is 2.44. The van der Waals surface area contributed by atoms with Crippen molar-refractivity contribution >= 4 is 0 Å². The van der Waals surface area contributed by atoms with Crippen LogP contribution >= 0.6 is 0 Å². The number of hydrogen-bond acceptors (Lipinski definition) is 0. The predicted octanol–water partition coefficient (Wildman–Crippen LogP) is 7.27. The fraction of sp³-hybridized carbons (Fsp3) is 0.185. The van der Waals surface area contributed by atoms with Crippen molar-refractivity contribution in [2.45, 2.75) is 31.1 Å². The first kappa shape index (κ1) is 17.5. The number of allylic oxidation sites excluding steroid dienone is 10. The third-order valence-electron chi connectivity index (χ3n) is 5.42. The summed E-state index contributed by atoms with van der Waals surface area (Å²) in [7, 11) is 0. The van der Waals surface area contributed by atoms with Crippen molar-refractivity contribution in [2.24, 2.45) is 0 Å². The number of hydrogen-bond donors (Lipinski definition) is 0. The van der Waals surface area contributed by atoms with Crippen LogP contribution in [0.4, 0.5) is 0 Å². The van der Waals surface area contributed by atoms with Crippen LogP contribution in [0, 0.1) is 0 Å². The highest BCUT2D eigenvalue weighted by molar-refractivity contribution is 5.48. The average molecular weight is 351 g/mol. The molecule has 0 aliphatic heterocycles. The first-order valence-corrected chi connectivity index (χ1v) is 9.93. The largest absolute Gasteiger partial charge is 0.0839 e. The van der Waals surface area contributed by atoms with Gasteiger partial charge < -0.3 is 0 Å². The molecule has 2 aromatic rings. The molecule has 2 unspecified atom stereocenters. The average Bonchev–Trinajstić information content (AvgIpc) is 3.03. The van der Waals surface area contributed by atoms with Crippen LogP contribution in [0.1, 0.15) is 42.2 Å². The van der Waals surface area contributed by atoms with Gasteiger partial charge in [-0.1, -0.05) is 109 Å². The maximum Gasteiger partial charge on any atom is 0.0196 e. The van der Waals surface area contributed by atoms with E-state index in [1.807, 2.05) is 0 Å². The van der Waals surface area contributed by atoms with Gasteiger partial charge in [0.25, 0.3) is 0 Å². The van der Waals surface area contributed by atoms with Crippen molar-refractivity contribution in [3.63, 3.8) is 0 Å². The number of benzene rings is 2. The smallest absolute Gasteiger partial charge is 0.0196 e. The molecule has 0 radical (unpaired) electrons. The zero-order valence-electron chi connectivity index (χ0n) is 15.7. The normalized spacial score (nSPS) is 18.4. The van der Waals surface area contributed by atoms with Gasteiger partial charge in [-0.2, -0.15) is 0 Å². The van der Waals surface area contributed by atoms with E-state index in [9.17, 15) is 0 Å². The van der Waals surface area contributed by atoms with Crippen molar-refractivity contribution in [3.05, 3.63) is 132 Å². The van der Waals surface area contributed by atoms with Crippen LogP contribution < -0.4 is 0 Å². The van der Waals surface area contributed by atoms with E-state index in [0.29, 0.717) is 11.8 Å². The van der Waals surface area contributed by atoms with Gasteiger partial charge in [-0.05, 0) is 41.5 Å². The Bertz CT molecular complexity index is 892. The quantitative estimate of drug-likeness (QED) is 0.532. The molecule has 0 aromatic heterocycles. The van der Waals surface area contributed by atoms with E-state index in [1.165, 1.54) is 22.3 Å². The van der Waals surface area contributed by atoms with Gasteiger partial charge in [0.05, 0.1) is 0 Å². The fourth-order valence-corrected chi connectivity index (χ4v) is 4.17. The van der Waals surface area contributed by atoms with E-state index in [4.69, 9.17) is 0 Å². The Kier molecular flexibility index (Phi) is 5.64. The zero-order valence-corrected chi connectivity index (χ0v) is 15.7. The summed E-state index contributed by atoms with van der Waals surface area (Å²) >= 11 is 0. The summed E-state index contributed by atoms with van der Waals surface area (Å²) in [6, 6.07) is 22.0. The van der Waals surface area contributed by atoms with Crippen molar-refractivity contribution in [3.8, 4) is 0 Å². The highest BCUT2D eigenvalue weighted by Crippen LogP contribution is 2.45. The lowest BCUT2D eigenvalue weighted by Gasteiger charge is -2.31. The van der Waals surface area contributed by atoms with Crippen LogP contribution in [-0.2, 0) is 0 Å². The van der Waals surface area contributed by atoms with Crippen LogP contribution in [-0.4, -0.2) is 0 Å². The SMILES string of the molecule is C1=CCC=C(C(c2ccccc2)C(C2=CCCC=C2)c2ccccc2)C=C1. The van der Waals surface area contributed by atoms with Gasteiger partial charge in [-0.3, -0.25) is 0 Å². The van der Waals surface area contributed by atoms with Crippen LogP contribution in [0.15, 0.2) is 120 Å². The molecule has 0 saturated carbocycles. The molecule has 0 amide bonds. The van der Waals surface area contributed by atoms with E-state index in [2.05, 4.69) is 109 Å². The second kappa shape index (κ2) is 8.68. The minimum absolute atomic E-state index is 0.304. The van der Waals surface area contributed by atoms with Gasteiger partial charge in [-0.15, -0.1) is 0 Å². The summed E-state index contributed by atoms with van der Waals surface area (Å²) in [6.07, 6.45) is 21.6. The molecule has 134 valence electrons. The molecular formula is C27H26. The zero-order chi connectivity index (χ0) is 18.3. The maximum absolute atomic E-state index is 2.44. The minimum atomic E-state index is 0.304. The summed E-state index contributed by atoms with van der Waals surface area (Å²) < 4.78 is 0. The van der Waals surface area contributed by atoms with Crippen molar-refractivity contribution in [1.29, 1.82) is 0 Å². The lowest BCUT2D eigenvalue weighted by Crippen LogP contribution is -2.16. The van der Waals surface area contributed by atoms with Gasteiger partial charge in [0.2, 0.25) is 0 Å². The van der Waals surface area contributed by atoms with Gasteiger partial charge in [0.1, 0.15) is 0 Å². The van der Waals surface area contributed by atoms with Gasteiger partial charge in [0, 0.05) is 11.8 Å². The van der Waals surface area contributed by atoms with E-state index in [1.54, 1.807) is 0 Å². The highest BCUT2D eigenvalue weighted by Gasteiger charge is 2.29.